The van der Waals surface area contributed by atoms with Gasteiger partial charge < -0.3 is 15.2 Å². The fraction of sp³-hybridized carbons (Fsp3) is 0.529. The normalized spacial score (nSPS) is 21.8. The van der Waals surface area contributed by atoms with Gasteiger partial charge in [0.1, 0.15) is 18.4 Å². The summed E-state index contributed by atoms with van der Waals surface area (Å²) in [5.74, 6) is 0.865. The van der Waals surface area contributed by atoms with E-state index in [0.29, 0.717) is 6.54 Å². The highest BCUT2D eigenvalue weighted by Crippen LogP contribution is 2.23. The number of methoxy groups -OCH3 is 2. The van der Waals surface area contributed by atoms with Gasteiger partial charge in [0.05, 0.1) is 19.8 Å². The highest BCUT2D eigenvalue weighted by molar-refractivity contribution is 5.37. The molecular weight excluding hydrogens is 306 g/mol. The molecule has 1 aromatic carbocycles. The maximum Gasteiger partial charge on any atom is 0.137 e. The fourth-order valence-electron chi connectivity index (χ4n) is 3.19. The zero-order valence-electron chi connectivity index (χ0n) is 14.3. The standard InChI is InChI=1S/C17H25N5O2/c1-23-16-4-3-13(7-14(16)9-22-12-19-11-20-22)8-21-6-5-15(18)17(10-21)24-2/h3-4,7,11-12,15,17H,5-6,8-10,18H2,1-2H3/t15-,17+/m0/s1. The number of piperidine rings is 1. The Bertz CT molecular complexity index is 646. The zero-order valence-corrected chi connectivity index (χ0v) is 14.3. The summed E-state index contributed by atoms with van der Waals surface area (Å²) < 4.78 is 12.8. The molecule has 1 aromatic heterocycles. The van der Waals surface area contributed by atoms with Crippen LogP contribution in [0.15, 0.2) is 30.9 Å². The van der Waals surface area contributed by atoms with Crippen molar-refractivity contribution in [3.63, 3.8) is 0 Å². The minimum atomic E-state index is 0.103. The highest BCUT2D eigenvalue weighted by atomic mass is 16.5. The van der Waals surface area contributed by atoms with Crippen LogP contribution in [0.25, 0.3) is 0 Å². The molecule has 2 N–H and O–H groups in total. The summed E-state index contributed by atoms with van der Waals surface area (Å²) in [6.45, 7) is 3.37. The van der Waals surface area contributed by atoms with Gasteiger partial charge in [-0.05, 0) is 24.1 Å². The van der Waals surface area contributed by atoms with Crippen LogP contribution in [0.2, 0.25) is 0 Å². The summed E-state index contributed by atoms with van der Waals surface area (Å²) in [5, 5.41) is 4.17. The number of nitrogens with two attached hydrogens (primary N) is 1. The molecule has 1 aliphatic rings. The van der Waals surface area contributed by atoms with Crippen LogP contribution < -0.4 is 10.5 Å². The lowest BCUT2D eigenvalue weighted by Gasteiger charge is -2.36. The Morgan fingerprint density at radius 3 is 2.88 bits per heavy atom. The smallest absolute Gasteiger partial charge is 0.137 e. The number of likely N-dealkylation sites (tertiary alicyclic amines) is 1. The Balaban J connectivity index is 1.72. The molecule has 0 spiro atoms. The molecule has 2 atom stereocenters. The second-order valence-electron chi connectivity index (χ2n) is 6.20. The Kier molecular flexibility index (Phi) is 5.44. The first-order chi connectivity index (χ1) is 11.7. The molecule has 2 aromatic rings. The van der Waals surface area contributed by atoms with Gasteiger partial charge in [0, 0.05) is 38.3 Å². The first-order valence-electron chi connectivity index (χ1n) is 8.18. The third kappa shape index (κ3) is 3.92. The van der Waals surface area contributed by atoms with E-state index in [-0.39, 0.29) is 12.1 Å². The predicted molar refractivity (Wildman–Crippen MR) is 90.8 cm³/mol. The first kappa shape index (κ1) is 16.9. The van der Waals surface area contributed by atoms with Crippen molar-refractivity contribution in [3.8, 4) is 5.75 Å². The van der Waals surface area contributed by atoms with Crippen molar-refractivity contribution in [2.24, 2.45) is 5.73 Å². The Labute approximate surface area is 142 Å². The van der Waals surface area contributed by atoms with Gasteiger partial charge in [0.15, 0.2) is 0 Å². The molecule has 130 valence electrons. The SMILES string of the molecule is COc1ccc(CN2CC[C@H](N)[C@H](OC)C2)cc1Cn1cncn1. The monoisotopic (exact) mass is 331 g/mol. The summed E-state index contributed by atoms with van der Waals surface area (Å²) in [5.41, 5.74) is 8.44. The molecule has 3 rings (SSSR count). The third-order valence-electron chi connectivity index (χ3n) is 4.55. The summed E-state index contributed by atoms with van der Waals surface area (Å²) in [6.07, 6.45) is 4.31. The molecule has 0 bridgehead atoms. The summed E-state index contributed by atoms with van der Waals surface area (Å²) in [6, 6.07) is 6.44. The van der Waals surface area contributed by atoms with Crippen molar-refractivity contribution in [1.29, 1.82) is 0 Å². The average Bonchev–Trinajstić information content (AvgIpc) is 3.10. The third-order valence-corrected chi connectivity index (χ3v) is 4.55. The van der Waals surface area contributed by atoms with Gasteiger partial charge in [0.25, 0.3) is 0 Å². The molecule has 0 amide bonds. The molecule has 1 aliphatic heterocycles. The van der Waals surface area contributed by atoms with E-state index in [2.05, 4.69) is 27.1 Å². The Morgan fingerprint density at radius 1 is 1.29 bits per heavy atom. The quantitative estimate of drug-likeness (QED) is 0.847. The molecular formula is C17H25N5O2. The van der Waals surface area contributed by atoms with Gasteiger partial charge in [-0.3, -0.25) is 4.90 Å². The van der Waals surface area contributed by atoms with E-state index in [4.69, 9.17) is 15.2 Å². The number of ether oxygens (including phenoxy) is 2. The number of hydrogen-bond donors (Lipinski definition) is 1. The van der Waals surface area contributed by atoms with Crippen LogP contribution in [-0.2, 0) is 17.8 Å². The van der Waals surface area contributed by atoms with Gasteiger partial charge in [0.2, 0.25) is 0 Å². The number of aromatic nitrogens is 3. The summed E-state index contributed by atoms with van der Waals surface area (Å²) in [4.78, 5) is 6.38. The van der Waals surface area contributed by atoms with E-state index in [1.807, 2.05) is 6.07 Å². The molecule has 1 saturated heterocycles. The van der Waals surface area contributed by atoms with E-state index in [9.17, 15) is 0 Å². The molecule has 7 heteroatoms. The van der Waals surface area contributed by atoms with Crippen LogP contribution in [0.4, 0.5) is 0 Å². The fourth-order valence-corrected chi connectivity index (χ4v) is 3.19. The Morgan fingerprint density at radius 2 is 2.17 bits per heavy atom. The molecule has 0 radical (unpaired) electrons. The molecule has 2 heterocycles. The molecule has 0 aliphatic carbocycles. The van der Waals surface area contributed by atoms with Crippen LogP contribution in [-0.4, -0.2) is 59.1 Å². The zero-order chi connectivity index (χ0) is 16.9. The van der Waals surface area contributed by atoms with Crippen LogP contribution in [0.3, 0.4) is 0 Å². The largest absolute Gasteiger partial charge is 0.496 e. The molecule has 7 nitrogen and oxygen atoms in total. The first-order valence-corrected chi connectivity index (χ1v) is 8.18. The Hall–Kier alpha value is -1.96. The number of rotatable bonds is 6. The van der Waals surface area contributed by atoms with Crippen molar-refractivity contribution in [1.82, 2.24) is 19.7 Å². The maximum atomic E-state index is 6.10. The van der Waals surface area contributed by atoms with Gasteiger partial charge in [-0.25, -0.2) is 9.67 Å². The van der Waals surface area contributed by atoms with Crippen molar-refractivity contribution in [2.45, 2.75) is 31.7 Å². The van der Waals surface area contributed by atoms with Gasteiger partial charge in [-0.2, -0.15) is 5.10 Å². The van der Waals surface area contributed by atoms with Crippen LogP contribution in [0.1, 0.15) is 17.5 Å². The second-order valence-corrected chi connectivity index (χ2v) is 6.20. The molecule has 0 unspecified atom stereocenters. The van der Waals surface area contributed by atoms with E-state index in [1.165, 1.54) is 11.9 Å². The number of hydrogen-bond acceptors (Lipinski definition) is 6. The van der Waals surface area contributed by atoms with Crippen molar-refractivity contribution in [3.05, 3.63) is 42.0 Å². The minimum Gasteiger partial charge on any atom is -0.496 e. The van der Waals surface area contributed by atoms with Crippen molar-refractivity contribution >= 4 is 0 Å². The second kappa shape index (κ2) is 7.74. The van der Waals surface area contributed by atoms with E-state index < -0.39 is 0 Å². The van der Waals surface area contributed by atoms with E-state index in [1.54, 1.807) is 25.2 Å². The molecule has 0 saturated carbocycles. The van der Waals surface area contributed by atoms with Gasteiger partial charge >= 0.3 is 0 Å². The average molecular weight is 331 g/mol. The molecule has 24 heavy (non-hydrogen) atoms. The molecule has 1 fully saturated rings. The summed E-state index contributed by atoms with van der Waals surface area (Å²) >= 11 is 0. The van der Waals surface area contributed by atoms with E-state index >= 15 is 0 Å². The predicted octanol–water partition coefficient (Wildman–Crippen LogP) is 0.883. The van der Waals surface area contributed by atoms with Gasteiger partial charge in [-0.1, -0.05) is 6.07 Å². The highest BCUT2D eigenvalue weighted by Gasteiger charge is 2.26. The minimum absolute atomic E-state index is 0.103. The lowest BCUT2D eigenvalue weighted by molar-refractivity contribution is 0.0140. The number of benzene rings is 1. The topological polar surface area (TPSA) is 78.4 Å². The van der Waals surface area contributed by atoms with Crippen LogP contribution in [0.5, 0.6) is 5.75 Å². The van der Waals surface area contributed by atoms with Crippen LogP contribution in [0, 0.1) is 0 Å². The lowest BCUT2D eigenvalue weighted by Crippen LogP contribution is -2.51. The lowest BCUT2D eigenvalue weighted by atomic mass is 10.0. The maximum absolute atomic E-state index is 6.10. The van der Waals surface area contributed by atoms with Gasteiger partial charge in [-0.15, -0.1) is 0 Å². The van der Waals surface area contributed by atoms with E-state index in [0.717, 1.165) is 37.4 Å². The summed E-state index contributed by atoms with van der Waals surface area (Å²) in [7, 11) is 3.42. The van der Waals surface area contributed by atoms with Crippen LogP contribution >= 0.6 is 0 Å². The van der Waals surface area contributed by atoms with Crippen molar-refractivity contribution in [2.75, 3.05) is 27.3 Å². The number of nitrogens with zero attached hydrogens (tertiary/aromatic N) is 4. The van der Waals surface area contributed by atoms with Crippen molar-refractivity contribution < 1.29 is 9.47 Å².